The van der Waals surface area contributed by atoms with Gasteiger partial charge < -0.3 is 9.47 Å². The lowest BCUT2D eigenvalue weighted by molar-refractivity contribution is -0.121. The van der Waals surface area contributed by atoms with Crippen LogP contribution in [0.25, 0.3) is 0 Å². The van der Waals surface area contributed by atoms with Gasteiger partial charge in [-0.25, -0.2) is 0 Å². The molecule has 1 unspecified atom stereocenters. The highest BCUT2D eigenvalue weighted by atomic mass is 16.6. The number of carbonyl (C=O) groups is 1. The fourth-order valence-electron chi connectivity index (χ4n) is 2.20. The summed E-state index contributed by atoms with van der Waals surface area (Å²) in [7, 11) is 0. The summed E-state index contributed by atoms with van der Waals surface area (Å²) in [4.78, 5) is 12.3. The van der Waals surface area contributed by atoms with Crippen molar-refractivity contribution in [2.75, 3.05) is 13.2 Å². The molecular weight excluding hydrogens is 254 g/mol. The number of benzene rings is 1. The molecule has 0 fully saturated rings. The summed E-state index contributed by atoms with van der Waals surface area (Å²) in [6.07, 6.45) is 0.375. The van der Waals surface area contributed by atoms with Gasteiger partial charge in [0.1, 0.15) is 19.1 Å². The smallest absolute Gasteiger partial charge is 0.161 e. The zero-order valence-corrected chi connectivity index (χ0v) is 12.1. The van der Waals surface area contributed by atoms with Crippen LogP contribution in [-0.4, -0.2) is 19.0 Å². The maximum atomic E-state index is 12.3. The molecule has 1 aliphatic rings. The number of hydrogen-bond donors (Lipinski definition) is 0. The van der Waals surface area contributed by atoms with Crippen LogP contribution in [0.3, 0.4) is 0 Å². The van der Waals surface area contributed by atoms with Gasteiger partial charge in [-0.15, -0.1) is 0 Å². The van der Waals surface area contributed by atoms with E-state index in [9.17, 15) is 10.1 Å². The topological polar surface area (TPSA) is 59.3 Å². The average Bonchev–Trinajstić information content (AvgIpc) is 2.37. The van der Waals surface area contributed by atoms with E-state index < -0.39 is 5.92 Å². The van der Waals surface area contributed by atoms with E-state index in [1.54, 1.807) is 18.2 Å². The highest BCUT2D eigenvalue weighted by molar-refractivity contribution is 5.89. The number of fused-ring (bicyclic) bond motifs is 1. The number of hydrogen-bond acceptors (Lipinski definition) is 4. The summed E-state index contributed by atoms with van der Waals surface area (Å²) in [5.41, 5.74) is 0.547. The Balaban J connectivity index is 2.24. The first-order valence-electron chi connectivity index (χ1n) is 6.72. The minimum absolute atomic E-state index is 0.0586. The predicted octanol–water partition coefficient (Wildman–Crippen LogP) is 3.07. The van der Waals surface area contributed by atoms with E-state index >= 15 is 0 Å². The summed E-state index contributed by atoms with van der Waals surface area (Å²) in [6.45, 7) is 6.98. The van der Waals surface area contributed by atoms with E-state index in [1.165, 1.54) is 0 Å². The normalized spacial score (nSPS) is 15.3. The van der Waals surface area contributed by atoms with Gasteiger partial charge in [0.05, 0.1) is 6.07 Å². The first-order valence-corrected chi connectivity index (χ1v) is 6.72. The molecule has 1 atom stereocenters. The molecule has 1 aromatic carbocycles. The molecule has 0 saturated carbocycles. The molecule has 0 aromatic heterocycles. The first kappa shape index (κ1) is 14.4. The lowest BCUT2D eigenvalue weighted by atomic mass is 9.84. The second-order valence-corrected chi connectivity index (χ2v) is 6.17. The Kier molecular flexibility index (Phi) is 3.99. The molecule has 0 radical (unpaired) electrons. The zero-order valence-electron chi connectivity index (χ0n) is 12.1. The maximum Gasteiger partial charge on any atom is 0.161 e. The van der Waals surface area contributed by atoms with Gasteiger partial charge in [0.25, 0.3) is 0 Å². The Bertz CT molecular complexity index is 552. The second-order valence-electron chi connectivity index (χ2n) is 6.17. The molecule has 4 nitrogen and oxygen atoms in total. The van der Waals surface area contributed by atoms with Gasteiger partial charge in [-0.2, -0.15) is 5.26 Å². The molecular formula is C16H19NO3. The molecule has 0 amide bonds. The predicted molar refractivity (Wildman–Crippen MR) is 74.9 cm³/mol. The number of ether oxygens (including phenoxy) is 2. The zero-order chi connectivity index (χ0) is 14.8. The number of nitrogens with zero attached hydrogens (tertiary/aromatic N) is 1. The van der Waals surface area contributed by atoms with Gasteiger partial charge >= 0.3 is 0 Å². The van der Waals surface area contributed by atoms with Crippen molar-refractivity contribution in [2.45, 2.75) is 33.1 Å². The van der Waals surface area contributed by atoms with E-state index in [1.807, 2.05) is 20.8 Å². The molecule has 0 aliphatic carbocycles. The Morgan fingerprint density at radius 2 is 1.95 bits per heavy atom. The SMILES string of the molecule is CC(C)(C)CC(=O)C(C#N)c1ccc2c(c1)OCCO2. The number of rotatable bonds is 3. The van der Waals surface area contributed by atoms with Crippen molar-refractivity contribution in [2.24, 2.45) is 5.41 Å². The van der Waals surface area contributed by atoms with Crippen LogP contribution < -0.4 is 9.47 Å². The molecule has 1 heterocycles. The average molecular weight is 273 g/mol. The van der Waals surface area contributed by atoms with Crippen molar-refractivity contribution in [3.63, 3.8) is 0 Å². The van der Waals surface area contributed by atoms with Crippen LogP contribution in [0.2, 0.25) is 0 Å². The van der Waals surface area contributed by atoms with Gasteiger partial charge in [0, 0.05) is 6.42 Å². The van der Waals surface area contributed by atoms with Crippen LogP contribution >= 0.6 is 0 Å². The van der Waals surface area contributed by atoms with Crippen LogP contribution in [0.1, 0.15) is 38.7 Å². The van der Waals surface area contributed by atoms with Crippen molar-refractivity contribution in [1.82, 2.24) is 0 Å². The van der Waals surface area contributed by atoms with Crippen molar-refractivity contribution < 1.29 is 14.3 Å². The maximum absolute atomic E-state index is 12.3. The monoisotopic (exact) mass is 273 g/mol. The minimum atomic E-state index is -0.745. The second kappa shape index (κ2) is 5.54. The number of nitriles is 1. The standard InChI is InChI=1S/C16H19NO3/c1-16(2,3)9-13(18)12(10-17)11-4-5-14-15(8-11)20-7-6-19-14/h4-5,8,12H,6-7,9H2,1-3H3. The van der Waals surface area contributed by atoms with E-state index in [0.717, 1.165) is 0 Å². The van der Waals surface area contributed by atoms with Crippen LogP contribution in [0.5, 0.6) is 11.5 Å². The Labute approximate surface area is 119 Å². The summed E-state index contributed by atoms with van der Waals surface area (Å²) in [5.74, 6) is 0.472. The number of carbonyl (C=O) groups excluding carboxylic acids is 1. The quantitative estimate of drug-likeness (QED) is 0.849. The van der Waals surface area contributed by atoms with E-state index in [4.69, 9.17) is 9.47 Å². The largest absolute Gasteiger partial charge is 0.486 e. The number of ketones is 1. The molecule has 1 aromatic rings. The highest BCUT2D eigenvalue weighted by Gasteiger charge is 2.26. The third-order valence-corrected chi connectivity index (χ3v) is 3.06. The highest BCUT2D eigenvalue weighted by Crippen LogP contribution is 2.34. The summed E-state index contributed by atoms with van der Waals surface area (Å²) in [5, 5.41) is 9.31. The Morgan fingerprint density at radius 1 is 1.30 bits per heavy atom. The summed E-state index contributed by atoms with van der Waals surface area (Å²) < 4.78 is 10.9. The molecule has 2 rings (SSSR count). The first-order chi connectivity index (χ1) is 9.40. The Morgan fingerprint density at radius 3 is 2.55 bits per heavy atom. The fourth-order valence-corrected chi connectivity index (χ4v) is 2.20. The molecule has 1 aliphatic heterocycles. The van der Waals surface area contributed by atoms with E-state index in [2.05, 4.69) is 6.07 Å². The van der Waals surface area contributed by atoms with Crippen LogP contribution in [0.4, 0.5) is 0 Å². The van der Waals surface area contributed by atoms with E-state index in [-0.39, 0.29) is 11.2 Å². The minimum Gasteiger partial charge on any atom is -0.486 e. The molecule has 0 bridgehead atoms. The Hall–Kier alpha value is -2.02. The van der Waals surface area contributed by atoms with Crippen LogP contribution in [0.15, 0.2) is 18.2 Å². The molecule has 0 spiro atoms. The molecule has 0 saturated heterocycles. The van der Waals surface area contributed by atoms with Crippen molar-refractivity contribution in [3.05, 3.63) is 23.8 Å². The van der Waals surface area contributed by atoms with Crippen LogP contribution in [-0.2, 0) is 4.79 Å². The fraction of sp³-hybridized carbons (Fsp3) is 0.500. The van der Waals surface area contributed by atoms with Crippen molar-refractivity contribution >= 4 is 5.78 Å². The van der Waals surface area contributed by atoms with E-state index in [0.29, 0.717) is 36.7 Å². The van der Waals surface area contributed by atoms with Gasteiger partial charge in [-0.1, -0.05) is 26.8 Å². The van der Waals surface area contributed by atoms with Crippen molar-refractivity contribution in [3.8, 4) is 17.6 Å². The third kappa shape index (κ3) is 3.30. The molecule has 4 heteroatoms. The number of Topliss-reactive ketones (excluding diaryl/α,β-unsaturated/α-hetero) is 1. The van der Waals surface area contributed by atoms with Gasteiger partial charge in [-0.3, -0.25) is 4.79 Å². The van der Waals surface area contributed by atoms with Gasteiger partial charge in [0.15, 0.2) is 17.3 Å². The molecule has 20 heavy (non-hydrogen) atoms. The van der Waals surface area contributed by atoms with Gasteiger partial charge in [0.2, 0.25) is 0 Å². The van der Waals surface area contributed by atoms with Crippen LogP contribution in [0, 0.1) is 16.7 Å². The third-order valence-electron chi connectivity index (χ3n) is 3.06. The lowest BCUT2D eigenvalue weighted by Crippen LogP contribution is -2.19. The van der Waals surface area contributed by atoms with Gasteiger partial charge in [-0.05, 0) is 23.1 Å². The molecule has 106 valence electrons. The van der Waals surface area contributed by atoms with Crippen molar-refractivity contribution in [1.29, 1.82) is 5.26 Å². The molecule has 0 N–H and O–H groups in total. The lowest BCUT2D eigenvalue weighted by Gasteiger charge is -2.21. The summed E-state index contributed by atoms with van der Waals surface area (Å²) >= 11 is 0. The summed E-state index contributed by atoms with van der Waals surface area (Å²) in [6, 6.07) is 7.37.